The van der Waals surface area contributed by atoms with Crippen molar-refractivity contribution in [2.75, 3.05) is 0 Å². The van der Waals surface area contributed by atoms with Crippen molar-refractivity contribution in [3.05, 3.63) is 82.9 Å². The highest BCUT2D eigenvalue weighted by atomic mass is 16.3. The van der Waals surface area contributed by atoms with Crippen molar-refractivity contribution >= 4 is 10.8 Å². The third-order valence-corrected chi connectivity index (χ3v) is 7.20. The van der Waals surface area contributed by atoms with Crippen LogP contribution in [0.5, 0.6) is 11.5 Å². The number of aromatic hydroxyl groups is 2. The molecule has 0 fully saturated rings. The van der Waals surface area contributed by atoms with Crippen molar-refractivity contribution in [3.8, 4) is 33.8 Å². The zero-order chi connectivity index (χ0) is 24.4. The molecule has 0 aromatic heterocycles. The highest BCUT2D eigenvalue weighted by Gasteiger charge is 2.23. The number of benzene rings is 4. The monoisotopic (exact) mass is 450 g/mol. The predicted molar refractivity (Wildman–Crippen MR) is 143 cm³/mol. The van der Waals surface area contributed by atoms with Crippen molar-refractivity contribution in [2.24, 2.45) is 0 Å². The van der Waals surface area contributed by atoms with Crippen LogP contribution in [-0.4, -0.2) is 10.2 Å². The number of phenols is 2. The van der Waals surface area contributed by atoms with Crippen LogP contribution < -0.4 is 0 Å². The lowest BCUT2D eigenvalue weighted by atomic mass is 9.83. The molecule has 34 heavy (non-hydrogen) atoms. The van der Waals surface area contributed by atoms with E-state index in [1.165, 1.54) is 33.0 Å². The molecule has 0 saturated carbocycles. The number of hydrogen-bond acceptors (Lipinski definition) is 2. The van der Waals surface area contributed by atoms with E-state index < -0.39 is 0 Å². The maximum Gasteiger partial charge on any atom is 0.119 e. The Morgan fingerprint density at radius 1 is 0.559 bits per heavy atom. The molecule has 1 aliphatic rings. The normalized spacial score (nSPS) is 13.6. The summed E-state index contributed by atoms with van der Waals surface area (Å²) in [6.07, 6.45) is 2.12. The van der Waals surface area contributed by atoms with Gasteiger partial charge in [0.15, 0.2) is 0 Å². The minimum atomic E-state index is -0.143. The summed E-state index contributed by atoms with van der Waals surface area (Å²) in [7, 11) is 0. The molecule has 0 heterocycles. The molecule has 0 saturated heterocycles. The smallest absolute Gasteiger partial charge is 0.119 e. The summed E-state index contributed by atoms with van der Waals surface area (Å²) >= 11 is 0. The lowest BCUT2D eigenvalue weighted by Crippen LogP contribution is -2.11. The van der Waals surface area contributed by atoms with Crippen molar-refractivity contribution in [3.63, 3.8) is 0 Å². The maximum atomic E-state index is 10.5. The SMILES string of the molecule is CC(C)(C)c1cc(-c2cc3c4c(ccc(-c5ccc(O)c(C(C)(C)C)c5)c4c2)CC3)ccc1O. The van der Waals surface area contributed by atoms with Crippen LogP contribution in [0.15, 0.2) is 60.7 Å². The summed E-state index contributed by atoms with van der Waals surface area (Å²) in [5.74, 6) is 0.699. The first kappa shape index (κ1) is 22.5. The van der Waals surface area contributed by atoms with Crippen LogP contribution >= 0.6 is 0 Å². The second-order valence-corrected chi connectivity index (χ2v) is 11.8. The number of hydrogen-bond donors (Lipinski definition) is 2. The van der Waals surface area contributed by atoms with Crippen LogP contribution in [0.2, 0.25) is 0 Å². The topological polar surface area (TPSA) is 40.5 Å². The molecule has 1 aliphatic carbocycles. The molecule has 4 aromatic rings. The van der Waals surface area contributed by atoms with E-state index in [0.29, 0.717) is 11.5 Å². The molecule has 0 spiro atoms. The van der Waals surface area contributed by atoms with Crippen LogP contribution in [-0.2, 0) is 23.7 Å². The summed E-state index contributed by atoms with van der Waals surface area (Å²) in [5, 5.41) is 23.6. The molecule has 174 valence electrons. The van der Waals surface area contributed by atoms with E-state index in [-0.39, 0.29) is 10.8 Å². The van der Waals surface area contributed by atoms with Crippen LogP contribution in [0, 0.1) is 0 Å². The Kier molecular flexibility index (Phi) is 5.06. The molecule has 0 atom stereocenters. The van der Waals surface area contributed by atoms with E-state index >= 15 is 0 Å². The van der Waals surface area contributed by atoms with Crippen LogP contribution in [0.3, 0.4) is 0 Å². The number of rotatable bonds is 2. The Bertz CT molecular complexity index is 1430. The third kappa shape index (κ3) is 3.76. The molecule has 0 unspecified atom stereocenters. The van der Waals surface area contributed by atoms with Crippen molar-refractivity contribution in [2.45, 2.75) is 65.2 Å². The van der Waals surface area contributed by atoms with Gasteiger partial charge >= 0.3 is 0 Å². The van der Waals surface area contributed by atoms with Crippen LogP contribution in [0.25, 0.3) is 33.0 Å². The molecular weight excluding hydrogens is 416 g/mol. The van der Waals surface area contributed by atoms with Gasteiger partial charge in [-0.1, -0.05) is 71.9 Å². The van der Waals surface area contributed by atoms with Gasteiger partial charge < -0.3 is 10.2 Å². The first-order valence-electron chi connectivity index (χ1n) is 12.2. The first-order valence-corrected chi connectivity index (χ1v) is 12.2. The van der Waals surface area contributed by atoms with Crippen molar-refractivity contribution in [1.29, 1.82) is 0 Å². The second-order valence-electron chi connectivity index (χ2n) is 11.8. The minimum Gasteiger partial charge on any atom is -0.508 e. The Morgan fingerprint density at radius 2 is 1.12 bits per heavy atom. The quantitative estimate of drug-likeness (QED) is 0.322. The van der Waals surface area contributed by atoms with Gasteiger partial charge in [0.1, 0.15) is 11.5 Å². The first-order chi connectivity index (χ1) is 15.9. The number of phenolic OH excluding ortho intramolecular Hbond substituents is 2. The van der Waals surface area contributed by atoms with Gasteiger partial charge in [-0.25, -0.2) is 0 Å². The molecular formula is C32H34O2. The lowest BCUT2D eigenvalue weighted by Gasteiger charge is -2.22. The standard InChI is InChI=1S/C32H34O2/c1-31(2,3)26-17-20(10-13-28(26)33)23-15-22-8-7-19-9-12-24(25(16-23)30(19)22)21-11-14-29(34)27(18-21)32(4,5)6/h9-18,33-34H,7-8H2,1-6H3. The molecule has 2 N–H and O–H groups in total. The number of aryl methyl sites for hydroxylation is 2. The van der Waals surface area contributed by atoms with Gasteiger partial charge in [-0.05, 0) is 109 Å². The Hall–Kier alpha value is -3.26. The summed E-state index contributed by atoms with van der Waals surface area (Å²) in [6.45, 7) is 12.8. The van der Waals surface area contributed by atoms with Crippen molar-refractivity contribution in [1.82, 2.24) is 0 Å². The maximum absolute atomic E-state index is 10.5. The Labute approximate surface area is 202 Å². The lowest BCUT2D eigenvalue weighted by molar-refractivity contribution is 0.446. The van der Waals surface area contributed by atoms with E-state index in [1.807, 2.05) is 24.3 Å². The molecule has 0 aliphatic heterocycles. The van der Waals surface area contributed by atoms with Gasteiger partial charge in [0.25, 0.3) is 0 Å². The average molecular weight is 451 g/mol. The molecule has 2 heteroatoms. The molecule has 5 rings (SSSR count). The van der Waals surface area contributed by atoms with Gasteiger partial charge in [-0.15, -0.1) is 0 Å². The van der Waals surface area contributed by atoms with Crippen LogP contribution in [0.1, 0.15) is 63.8 Å². The minimum absolute atomic E-state index is 0.137. The summed E-state index contributed by atoms with van der Waals surface area (Å²) < 4.78 is 0. The fourth-order valence-electron chi connectivity index (χ4n) is 5.36. The van der Waals surface area contributed by atoms with Gasteiger partial charge in [0.05, 0.1) is 0 Å². The zero-order valence-corrected chi connectivity index (χ0v) is 21.1. The zero-order valence-electron chi connectivity index (χ0n) is 21.1. The fraction of sp³-hybridized carbons (Fsp3) is 0.312. The molecule has 2 nitrogen and oxygen atoms in total. The van der Waals surface area contributed by atoms with Crippen molar-refractivity contribution < 1.29 is 10.2 Å². The second kappa shape index (κ2) is 7.63. The van der Waals surface area contributed by atoms with Crippen LogP contribution in [0.4, 0.5) is 0 Å². The highest BCUT2D eigenvalue weighted by molar-refractivity contribution is 6.03. The molecule has 4 aromatic carbocycles. The summed E-state index contributed by atoms with van der Waals surface area (Å²) in [6, 6.07) is 21.2. The van der Waals surface area contributed by atoms with Gasteiger partial charge in [0, 0.05) is 0 Å². The highest BCUT2D eigenvalue weighted by Crippen LogP contribution is 2.43. The third-order valence-electron chi connectivity index (χ3n) is 7.20. The predicted octanol–water partition coefficient (Wildman–Crippen LogP) is 8.28. The molecule has 0 bridgehead atoms. The van der Waals surface area contributed by atoms with E-state index in [9.17, 15) is 10.2 Å². The molecule has 0 amide bonds. The largest absolute Gasteiger partial charge is 0.508 e. The summed E-state index contributed by atoms with van der Waals surface area (Å²) in [5.41, 5.74) is 9.09. The van der Waals surface area contributed by atoms with E-state index in [4.69, 9.17) is 0 Å². The Morgan fingerprint density at radius 3 is 1.74 bits per heavy atom. The fourth-order valence-corrected chi connectivity index (χ4v) is 5.36. The van der Waals surface area contributed by atoms with E-state index in [1.54, 1.807) is 0 Å². The molecule has 0 radical (unpaired) electrons. The van der Waals surface area contributed by atoms with E-state index in [2.05, 4.69) is 77.9 Å². The average Bonchev–Trinajstić information content (AvgIpc) is 3.17. The van der Waals surface area contributed by atoms with Gasteiger partial charge in [-0.3, -0.25) is 0 Å². The van der Waals surface area contributed by atoms with E-state index in [0.717, 1.165) is 35.1 Å². The van der Waals surface area contributed by atoms with Gasteiger partial charge in [0.2, 0.25) is 0 Å². The summed E-state index contributed by atoms with van der Waals surface area (Å²) in [4.78, 5) is 0. The van der Waals surface area contributed by atoms with Gasteiger partial charge in [-0.2, -0.15) is 0 Å². The Balaban J connectivity index is 1.75.